The molecule has 5 nitrogen and oxygen atoms in total. The number of nitrogens with one attached hydrogen (secondary N) is 2. The van der Waals surface area contributed by atoms with Crippen LogP contribution >= 0.6 is 11.6 Å². The lowest BCUT2D eigenvalue weighted by Crippen LogP contribution is -2.28. The topological polar surface area (TPSA) is 62.8 Å². The van der Waals surface area contributed by atoms with E-state index in [0.29, 0.717) is 36.2 Å². The molecule has 0 atom stereocenters. The smallest absolute Gasteiger partial charge is 0.166 e. The zero-order valence-corrected chi connectivity index (χ0v) is 15.2. The summed E-state index contributed by atoms with van der Waals surface area (Å²) in [6.45, 7) is 3.36. The average Bonchev–Trinajstić information content (AvgIpc) is 2.64. The third-order valence-electron chi connectivity index (χ3n) is 3.63. The van der Waals surface area contributed by atoms with Gasteiger partial charge in [-0.3, -0.25) is 0 Å². The second-order valence-electron chi connectivity index (χ2n) is 5.52. The number of rotatable bonds is 11. The molecule has 0 heterocycles. The summed E-state index contributed by atoms with van der Waals surface area (Å²) < 4.78 is 11.5. The van der Waals surface area contributed by atoms with Crippen LogP contribution in [0.1, 0.15) is 11.1 Å². The number of aliphatic hydroxyl groups excluding tert-OH is 1. The first-order chi connectivity index (χ1) is 12.2. The number of halogens is 1. The van der Waals surface area contributed by atoms with Gasteiger partial charge in [-0.2, -0.15) is 0 Å². The molecule has 0 unspecified atom stereocenters. The molecular weight excluding hydrogens is 340 g/mol. The van der Waals surface area contributed by atoms with Gasteiger partial charge in [-0.05, 0) is 11.6 Å². The van der Waals surface area contributed by atoms with Crippen LogP contribution in [-0.4, -0.2) is 38.5 Å². The maximum atomic E-state index is 8.75. The highest BCUT2D eigenvalue weighted by atomic mass is 35.5. The number of methoxy groups -OCH3 is 1. The van der Waals surface area contributed by atoms with Crippen LogP contribution in [0, 0.1) is 0 Å². The van der Waals surface area contributed by atoms with Crippen molar-refractivity contribution in [3.05, 3.63) is 58.6 Å². The van der Waals surface area contributed by atoms with Gasteiger partial charge >= 0.3 is 0 Å². The van der Waals surface area contributed by atoms with Gasteiger partial charge in [0.1, 0.15) is 6.61 Å². The molecule has 0 aliphatic heterocycles. The van der Waals surface area contributed by atoms with E-state index >= 15 is 0 Å². The first kappa shape index (κ1) is 19.5. The normalized spacial score (nSPS) is 10.7. The largest absolute Gasteiger partial charge is 0.493 e. The summed E-state index contributed by atoms with van der Waals surface area (Å²) in [4.78, 5) is 0. The van der Waals surface area contributed by atoms with Crippen molar-refractivity contribution >= 4 is 11.6 Å². The van der Waals surface area contributed by atoms with E-state index in [2.05, 4.69) is 10.6 Å². The molecule has 2 aromatic carbocycles. The molecule has 3 N–H and O–H groups in total. The van der Waals surface area contributed by atoms with Crippen molar-refractivity contribution in [3.8, 4) is 11.5 Å². The van der Waals surface area contributed by atoms with E-state index in [9.17, 15) is 0 Å². The molecule has 136 valence electrons. The van der Waals surface area contributed by atoms with Crippen LogP contribution < -0.4 is 20.1 Å². The number of hydrogen-bond donors (Lipinski definition) is 3. The summed E-state index contributed by atoms with van der Waals surface area (Å²) in [5, 5.41) is 15.8. The molecule has 2 rings (SSSR count). The maximum Gasteiger partial charge on any atom is 0.166 e. The molecule has 25 heavy (non-hydrogen) atoms. The van der Waals surface area contributed by atoms with Crippen molar-refractivity contribution in [3.63, 3.8) is 0 Å². The van der Waals surface area contributed by atoms with Crippen LogP contribution in [-0.2, 0) is 13.2 Å². The van der Waals surface area contributed by atoms with Crippen LogP contribution in [0.3, 0.4) is 0 Å². The van der Waals surface area contributed by atoms with E-state index in [1.807, 2.05) is 36.4 Å². The Kier molecular flexibility index (Phi) is 8.55. The molecule has 0 aliphatic carbocycles. The Hall–Kier alpha value is -1.79. The van der Waals surface area contributed by atoms with Gasteiger partial charge in [0.05, 0.1) is 13.7 Å². The van der Waals surface area contributed by atoms with Crippen LogP contribution in [0.25, 0.3) is 0 Å². The highest BCUT2D eigenvalue weighted by molar-refractivity contribution is 6.30. The van der Waals surface area contributed by atoms with Gasteiger partial charge in [-0.1, -0.05) is 41.9 Å². The van der Waals surface area contributed by atoms with Crippen molar-refractivity contribution in [2.45, 2.75) is 13.2 Å². The zero-order chi connectivity index (χ0) is 17.9. The lowest BCUT2D eigenvalue weighted by atomic mass is 10.1. The van der Waals surface area contributed by atoms with Gasteiger partial charge in [-0.25, -0.2) is 0 Å². The molecule has 0 bridgehead atoms. The van der Waals surface area contributed by atoms with Crippen LogP contribution in [0.5, 0.6) is 11.5 Å². The number of hydrogen-bond acceptors (Lipinski definition) is 5. The summed E-state index contributed by atoms with van der Waals surface area (Å²) in [6, 6.07) is 13.6. The predicted molar refractivity (Wildman–Crippen MR) is 100 cm³/mol. The molecule has 0 amide bonds. The molecule has 0 fully saturated rings. The molecule has 0 aliphatic rings. The Bertz CT molecular complexity index is 638. The van der Waals surface area contributed by atoms with Crippen LogP contribution in [0.4, 0.5) is 0 Å². The van der Waals surface area contributed by atoms with E-state index < -0.39 is 0 Å². The summed E-state index contributed by atoms with van der Waals surface area (Å²) in [5.74, 6) is 1.32. The van der Waals surface area contributed by atoms with E-state index in [0.717, 1.165) is 24.2 Å². The van der Waals surface area contributed by atoms with Gasteiger partial charge in [0.2, 0.25) is 0 Å². The van der Waals surface area contributed by atoms with E-state index in [1.165, 1.54) is 0 Å². The predicted octanol–water partition coefficient (Wildman–Crippen LogP) is 2.60. The van der Waals surface area contributed by atoms with Crippen molar-refractivity contribution in [2.75, 3.05) is 33.4 Å². The Labute approximate surface area is 153 Å². The standard InChI is InChI=1S/C19H25ClN2O3/c1-24-18-12-17(20)11-16(13-22-8-7-21-9-10-23)19(18)25-14-15-5-3-2-4-6-15/h2-6,11-12,21-23H,7-10,13-14H2,1H3. The summed E-state index contributed by atoms with van der Waals surface area (Å²) in [7, 11) is 1.61. The van der Waals surface area contributed by atoms with Gasteiger partial charge in [-0.15, -0.1) is 0 Å². The minimum absolute atomic E-state index is 0.142. The molecule has 6 heteroatoms. The van der Waals surface area contributed by atoms with Crippen LogP contribution in [0.2, 0.25) is 5.02 Å². The Balaban J connectivity index is 2.02. The zero-order valence-electron chi connectivity index (χ0n) is 14.4. The molecule has 0 spiro atoms. The lowest BCUT2D eigenvalue weighted by Gasteiger charge is -2.16. The molecule has 0 saturated carbocycles. The first-order valence-corrected chi connectivity index (χ1v) is 8.68. The third kappa shape index (κ3) is 6.55. The third-order valence-corrected chi connectivity index (χ3v) is 3.84. The quantitative estimate of drug-likeness (QED) is 0.535. The highest BCUT2D eigenvalue weighted by Gasteiger charge is 2.13. The molecule has 0 radical (unpaired) electrons. The minimum atomic E-state index is 0.142. The van der Waals surface area contributed by atoms with Gasteiger partial charge in [0.25, 0.3) is 0 Å². The summed E-state index contributed by atoms with van der Waals surface area (Å²) in [6.07, 6.45) is 0. The van der Waals surface area contributed by atoms with Crippen molar-refractivity contribution in [2.24, 2.45) is 0 Å². The maximum absolute atomic E-state index is 8.75. The second kappa shape index (κ2) is 10.9. The van der Waals surface area contributed by atoms with E-state index in [4.69, 9.17) is 26.2 Å². The lowest BCUT2D eigenvalue weighted by molar-refractivity contribution is 0.280. The number of benzene rings is 2. The fourth-order valence-corrected chi connectivity index (χ4v) is 2.63. The molecule has 2 aromatic rings. The fraction of sp³-hybridized carbons (Fsp3) is 0.368. The SMILES string of the molecule is COc1cc(Cl)cc(CNCCNCCO)c1OCc1ccccc1. The fourth-order valence-electron chi connectivity index (χ4n) is 2.40. The van der Waals surface area contributed by atoms with Crippen molar-refractivity contribution in [1.29, 1.82) is 0 Å². The highest BCUT2D eigenvalue weighted by Crippen LogP contribution is 2.35. The summed E-state index contributed by atoms with van der Waals surface area (Å²) in [5.41, 5.74) is 2.04. The number of ether oxygens (including phenoxy) is 2. The first-order valence-electron chi connectivity index (χ1n) is 8.30. The van der Waals surface area contributed by atoms with Gasteiger partial charge in [0.15, 0.2) is 11.5 Å². The second-order valence-corrected chi connectivity index (χ2v) is 5.96. The molecular formula is C19H25ClN2O3. The van der Waals surface area contributed by atoms with Crippen LogP contribution in [0.15, 0.2) is 42.5 Å². The minimum Gasteiger partial charge on any atom is -0.493 e. The number of aliphatic hydroxyl groups is 1. The van der Waals surface area contributed by atoms with Gasteiger partial charge in [0, 0.05) is 42.8 Å². The molecule has 0 saturated heterocycles. The van der Waals surface area contributed by atoms with Crippen molar-refractivity contribution < 1.29 is 14.6 Å². The van der Waals surface area contributed by atoms with E-state index in [-0.39, 0.29) is 6.61 Å². The Morgan fingerprint density at radius 2 is 1.80 bits per heavy atom. The Morgan fingerprint density at radius 1 is 1.04 bits per heavy atom. The Morgan fingerprint density at radius 3 is 2.52 bits per heavy atom. The molecule has 0 aromatic heterocycles. The average molecular weight is 365 g/mol. The monoisotopic (exact) mass is 364 g/mol. The summed E-state index contributed by atoms with van der Waals surface area (Å²) >= 11 is 6.20. The van der Waals surface area contributed by atoms with Gasteiger partial charge < -0.3 is 25.2 Å². The van der Waals surface area contributed by atoms with E-state index in [1.54, 1.807) is 13.2 Å². The van der Waals surface area contributed by atoms with Crippen molar-refractivity contribution in [1.82, 2.24) is 10.6 Å².